The molecule has 0 saturated carbocycles. The highest BCUT2D eigenvalue weighted by atomic mass is 16.5. The Balaban J connectivity index is 1.54. The van der Waals surface area contributed by atoms with E-state index in [-0.39, 0.29) is 6.03 Å². The summed E-state index contributed by atoms with van der Waals surface area (Å²) in [6.07, 6.45) is 1.77. The van der Waals surface area contributed by atoms with Crippen molar-refractivity contribution in [1.82, 2.24) is 4.98 Å². The molecule has 0 aliphatic carbocycles. The molecule has 1 aliphatic rings. The first-order chi connectivity index (χ1) is 14.1. The van der Waals surface area contributed by atoms with Gasteiger partial charge >= 0.3 is 6.03 Å². The summed E-state index contributed by atoms with van der Waals surface area (Å²) in [6, 6.07) is 19.5. The number of nitrogens with zero attached hydrogens (tertiary/aromatic N) is 3. The molecule has 0 bridgehead atoms. The van der Waals surface area contributed by atoms with Gasteiger partial charge in [0.25, 0.3) is 0 Å². The van der Waals surface area contributed by atoms with E-state index < -0.39 is 0 Å². The third kappa shape index (κ3) is 4.16. The van der Waals surface area contributed by atoms with E-state index in [1.165, 1.54) is 11.1 Å². The highest BCUT2D eigenvalue weighted by molar-refractivity contribution is 6.04. The number of hydrogen-bond acceptors (Lipinski definition) is 4. The first-order valence-electron chi connectivity index (χ1n) is 9.62. The van der Waals surface area contributed by atoms with Crippen molar-refractivity contribution in [2.75, 3.05) is 35.3 Å². The molecule has 148 valence electrons. The van der Waals surface area contributed by atoms with Gasteiger partial charge < -0.3 is 15.0 Å². The minimum atomic E-state index is -0.178. The molecule has 6 nitrogen and oxygen atoms in total. The van der Waals surface area contributed by atoms with Crippen molar-refractivity contribution >= 4 is 23.2 Å². The molecule has 0 fully saturated rings. The van der Waals surface area contributed by atoms with Gasteiger partial charge in [0.2, 0.25) is 0 Å². The van der Waals surface area contributed by atoms with Crippen LogP contribution in [0.3, 0.4) is 0 Å². The van der Waals surface area contributed by atoms with E-state index in [4.69, 9.17) is 4.74 Å². The van der Waals surface area contributed by atoms with Crippen LogP contribution in [-0.2, 0) is 6.54 Å². The van der Waals surface area contributed by atoms with Gasteiger partial charge in [0.05, 0.1) is 12.8 Å². The van der Waals surface area contributed by atoms with E-state index in [0.29, 0.717) is 24.5 Å². The number of anilines is 3. The molecule has 0 saturated heterocycles. The number of amides is 2. The fraction of sp³-hybridized carbons (Fsp3) is 0.217. The topological polar surface area (TPSA) is 57.7 Å². The van der Waals surface area contributed by atoms with Crippen LogP contribution in [0.5, 0.6) is 5.75 Å². The zero-order valence-electron chi connectivity index (χ0n) is 16.6. The number of ether oxygens (including phenoxy) is 1. The zero-order valence-corrected chi connectivity index (χ0v) is 16.6. The van der Waals surface area contributed by atoms with Gasteiger partial charge in [0.1, 0.15) is 5.75 Å². The van der Waals surface area contributed by atoms with Crippen molar-refractivity contribution in [3.8, 4) is 5.75 Å². The average Bonchev–Trinajstić information content (AvgIpc) is 2.75. The maximum atomic E-state index is 13.0. The van der Waals surface area contributed by atoms with Crippen LogP contribution >= 0.6 is 0 Å². The number of hydrogen-bond donors (Lipinski definition) is 1. The maximum Gasteiger partial charge on any atom is 0.326 e. The Labute approximate surface area is 170 Å². The number of urea groups is 1. The lowest BCUT2D eigenvalue weighted by Gasteiger charge is -2.36. The van der Waals surface area contributed by atoms with Crippen LogP contribution in [-0.4, -0.2) is 31.2 Å². The van der Waals surface area contributed by atoms with E-state index in [9.17, 15) is 4.79 Å². The number of nitrogens with one attached hydrogen (secondary N) is 1. The zero-order chi connectivity index (χ0) is 20.2. The van der Waals surface area contributed by atoms with Gasteiger partial charge in [-0.25, -0.2) is 9.78 Å². The molecule has 1 aliphatic heterocycles. The van der Waals surface area contributed by atoms with Crippen molar-refractivity contribution in [2.45, 2.75) is 13.5 Å². The molecule has 2 aromatic carbocycles. The van der Waals surface area contributed by atoms with Gasteiger partial charge in [-0.1, -0.05) is 35.9 Å². The number of rotatable bonds is 4. The Bertz CT molecular complexity index is 1000. The number of methoxy groups -OCH3 is 1. The van der Waals surface area contributed by atoms with Crippen LogP contribution in [0.1, 0.15) is 11.1 Å². The van der Waals surface area contributed by atoms with Gasteiger partial charge in [0.15, 0.2) is 5.82 Å². The van der Waals surface area contributed by atoms with Crippen LogP contribution in [0.15, 0.2) is 66.9 Å². The van der Waals surface area contributed by atoms with Crippen molar-refractivity contribution < 1.29 is 9.53 Å². The number of benzene rings is 2. The summed E-state index contributed by atoms with van der Waals surface area (Å²) in [5.74, 6) is 1.52. The number of fused-ring (bicyclic) bond motifs is 1. The van der Waals surface area contributed by atoms with Crippen molar-refractivity contribution in [1.29, 1.82) is 0 Å². The molecule has 0 atom stereocenters. The molecule has 6 heteroatoms. The van der Waals surface area contributed by atoms with Crippen LogP contribution in [0.4, 0.5) is 22.0 Å². The second-order valence-corrected chi connectivity index (χ2v) is 7.07. The fourth-order valence-electron chi connectivity index (χ4n) is 3.46. The second-order valence-electron chi connectivity index (χ2n) is 7.07. The smallest absolute Gasteiger partial charge is 0.326 e. The predicted octanol–water partition coefficient (Wildman–Crippen LogP) is 4.46. The molecule has 0 unspecified atom stereocenters. The lowest BCUT2D eigenvalue weighted by Crippen LogP contribution is -2.46. The number of aromatic nitrogens is 1. The summed E-state index contributed by atoms with van der Waals surface area (Å²) in [4.78, 5) is 21.5. The Kier molecular flexibility index (Phi) is 5.33. The SMILES string of the molecule is COc1cccc(NC(=O)N2CCN(Cc3ccc(C)cc3)c3ncccc32)c1. The largest absolute Gasteiger partial charge is 0.497 e. The standard InChI is InChI=1S/C23H24N4O2/c1-17-8-10-18(11-9-17)16-26-13-14-27(21-7-4-12-24-22(21)26)23(28)25-19-5-3-6-20(15-19)29-2/h3-12,15H,13-14,16H2,1-2H3,(H,25,28). The predicted molar refractivity (Wildman–Crippen MR) is 116 cm³/mol. The lowest BCUT2D eigenvalue weighted by atomic mass is 10.1. The molecule has 3 aromatic rings. The quantitative estimate of drug-likeness (QED) is 0.717. The summed E-state index contributed by atoms with van der Waals surface area (Å²) in [5, 5.41) is 2.96. The Hall–Kier alpha value is -3.54. The molecule has 1 N–H and O–H groups in total. The minimum Gasteiger partial charge on any atom is -0.497 e. The Morgan fingerprint density at radius 2 is 1.93 bits per heavy atom. The lowest BCUT2D eigenvalue weighted by molar-refractivity contribution is 0.256. The fourth-order valence-corrected chi connectivity index (χ4v) is 3.46. The second kappa shape index (κ2) is 8.22. The number of carbonyl (C=O) groups is 1. The average molecular weight is 388 g/mol. The number of pyridine rings is 1. The Morgan fingerprint density at radius 1 is 1.10 bits per heavy atom. The van der Waals surface area contributed by atoms with Gasteiger partial charge in [-0.05, 0) is 36.8 Å². The number of aryl methyl sites for hydroxylation is 1. The monoisotopic (exact) mass is 388 g/mol. The maximum absolute atomic E-state index is 13.0. The van der Waals surface area contributed by atoms with Crippen molar-refractivity contribution in [3.05, 3.63) is 78.0 Å². The minimum absolute atomic E-state index is 0.178. The summed E-state index contributed by atoms with van der Waals surface area (Å²) in [6.45, 7) is 4.14. The first-order valence-corrected chi connectivity index (χ1v) is 9.62. The van der Waals surface area contributed by atoms with E-state index in [2.05, 4.69) is 46.4 Å². The molecule has 2 amide bonds. The summed E-state index contributed by atoms with van der Waals surface area (Å²) >= 11 is 0. The van der Waals surface area contributed by atoms with E-state index in [1.807, 2.05) is 30.3 Å². The van der Waals surface area contributed by atoms with E-state index in [1.54, 1.807) is 24.3 Å². The molecule has 2 heterocycles. The van der Waals surface area contributed by atoms with Crippen molar-refractivity contribution in [2.24, 2.45) is 0 Å². The van der Waals surface area contributed by atoms with Crippen molar-refractivity contribution in [3.63, 3.8) is 0 Å². The summed E-state index contributed by atoms with van der Waals surface area (Å²) in [5.41, 5.74) is 3.97. The van der Waals surface area contributed by atoms with Crippen LogP contribution in [0.2, 0.25) is 0 Å². The van der Waals surface area contributed by atoms with Crippen LogP contribution in [0.25, 0.3) is 0 Å². The first kappa shape index (κ1) is 18.8. The molecule has 4 rings (SSSR count). The molecule has 29 heavy (non-hydrogen) atoms. The third-order valence-corrected chi connectivity index (χ3v) is 5.01. The van der Waals surface area contributed by atoms with Gasteiger partial charge in [-0.2, -0.15) is 0 Å². The van der Waals surface area contributed by atoms with Gasteiger partial charge in [0, 0.05) is 37.6 Å². The van der Waals surface area contributed by atoms with E-state index >= 15 is 0 Å². The Morgan fingerprint density at radius 3 is 2.72 bits per heavy atom. The number of carbonyl (C=O) groups excluding carboxylic acids is 1. The summed E-state index contributed by atoms with van der Waals surface area (Å²) in [7, 11) is 1.61. The van der Waals surface area contributed by atoms with Crippen LogP contribution < -0.4 is 19.9 Å². The molecule has 1 aromatic heterocycles. The molecular formula is C23H24N4O2. The third-order valence-electron chi connectivity index (χ3n) is 5.01. The van der Waals surface area contributed by atoms with Gasteiger partial charge in [-0.15, -0.1) is 0 Å². The van der Waals surface area contributed by atoms with Gasteiger partial charge in [-0.3, -0.25) is 4.90 Å². The van der Waals surface area contributed by atoms with Crippen LogP contribution in [0, 0.1) is 6.92 Å². The summed E-state index contributed by atoms with van der Waals surface area (Å²) < 4.78 is 5.23. The van der Waals surface area contributed by atoms with E-state index in [0.717, 1.165) is 18.1 Å². The normalized spacial score (nSPS) is 13.0. The molecule has 0 spiro atoms. The highest BCUT2D eigenvalue weighted by Gasteiger charge is 2.27. The molecule has 0 radical (unpaired) electrons. The molecular weight excluding hydrogens is 364 g/mol. The highest BCUT2D eigenvalue weighted by Crippen LogP contribution is 2.32.